The average molecular weight is 368 g/mol. The number of aromatic amines is 1. The van der Waals surface area contributed by atoms with Gasteiger partial charge >= 0.3 is 13.5 Å². The van der Waals surface area contributed by atoms with E-state index in [4.69, 9.17) is 19.3 Å². The molecule has 1 aromatic heterocycles. The van der Waals surface area contributed by atoms with Crippen LogP contribution in [0.4, 0.5) is 4.39 Å². The Morgan fingerprint density at radius 2 is 2.21 bits per heavy atom. The van der Waals surface area contributed by atoms with Gasteiger partial charge in [-0.15, -0.1) is 0 Å². The van der Waals surface area contributed by atoms with Crippen LogP contribution in [0.25, 0.3) is 0 Å². The van der Waals surface area contributed by atoms with Crippen LogP contribution in [0.2, 0.25) is 0 Å². The molecule has 0 radical (unpaired) electrons. The Kier molecular flexibility index (Phi) is 5.43. The van der Waals surface area contributed by atoms with Gasteiger partial charge in [0.1, 0.15) is 6.61 Å². The van der Waals surface area contributed by atoms with Crippen molar-refractivity contribution in [1.82, 2.24) is 9.55 Å². The molecular formula is C12H18FN2O8P. The topological polar surface area (TPSA) is 140 Å². The smallest absolute Gasteiger partial charge is 0.345 e. The molecule has 10 nitrogen and oxygen atoms in total. The van der Waals surface area contributed by atoms with Gasteiger partial charge in [0.05, 0.1) is 6.10 Å². The molecule has 2 heterocycles. The van der Waals surface area contributed by atoms with Crippen LogP contribution in [0.3, 0.4) is 0 Å². The van der Waals surface area contributed by atoms with Crippen molar-refractivity contribution < 1.29 is 32.7 Å². The summed E-state index contributed by atoms with van der Waals surface area (Å²) in [5, 5.41) is 0. The minimum absolute atomic E-state index is 0.415. The number of phosphoric ester groups is 1. The molecule has 3 unspecified atom stereocenters. The molecule has 0 saturated carbocycles. The molecule has 0 amide bonds. The first-order valence-electron chi connectivity index (χ1n) is 7.03. The number of alkyl halides is 1. The monoisotopic (exact) mass is 368 g/mol. The third-order valence-electron chi connectivity index (χ3n) is 3.18. The zero-order valence-corrected chi connectivity index (χ0v) is 13.8. The molecule has 0 spiro atoms. The van der Waals surface area contributed by atoms with Gasteiger partial charge in [-0.05, 0) is 13.8 Å². The lowest BCUT2D eigenvalue weighted by atomic mass is 10.1. The second kappa shape index (κ2) is 6.87. The number of nitrogens with zero attached hydrogens (tertiary/aromatic N) is 1. The molecule has 3 N–H and O–H groups in total. The van der Waals surface area contributed by atoms with Crippen LogP contribution in [0.5, 0.6) is 0 Å². The van der Waals surface area contributed by atoms with E-state index in [1.807, 2.05) is 4.98 Å². The average Bonchev–Trinajstić information content (AvgIpc) is 2.72. The highest BCUT2D eigenvalue weighted by molar-refractivity contribution is 7.46. The molecule has 0 bridgehead atoms. The number of ether oxygens (including phenoxy) is 2. The zero-order valence-electron chi connectivity index (χ0n) is 12.9. The molecule has 2 rings (SSSR count). The largest absolute Gasteiger partial charge is 0.469 e. The third-order valence-corrected chi connectivity index (χ3v) is 3.64. The first kappa shape index (κ1) is 19.0. The Labute approximate surface area is 135 Å². The van der Waals surface area contributed by atoms with E-state index in [0.717, 1.165) is 16.8 Å². The molecule has 0 aliphatic carbocycles. The summed E-state index contributed by atoms with van der Waals surface area (Å²) in [7, 11) is -4.83. The van der Waals surface area contributed by atoms with E-state index in [-0.39, 0.29) is 0 Å². The van der Waals surface area contributed by atoms with Crippen LogP contribution in [0, 0.1) is 0 Å². The third kappa shape index (κ3) is 4.59. The summed E-state index contributed by atoms with van der Waals surface area (Å²) in [5.74, 6) is -1.78. The SMILES string of the molecule is CC(C)OC1(COP(=O)(O)O)CC(F)C(n2ccc(=O)[nH]c2=O)O1. The first-order valence-corrected chi connectivity index (χ1v) is 8.56. The normalized spacial score (nSPS) is 27.8. The minimum Gasteiger partial charge on any atom is -0.345 e. The van der Waals surface area contributed by atoms with Gasteiger partial charge in [0, 0.05) is 18.7 Å². The maximum absolute atomic E-state index is 14.4. The van der Waals surface area contributed by atoms with Crippen molar-refractivity contribution >= 4 is 7.82 Å². The maximum Gasteiger partial charge on any atom is 0.469 e. The van der Waals surface area contributed by atoms with Crippen molar-refractivity contribution in [2.75, 3.05) is 6.61 Å². The molecule has 0 aromatic carbocycles. The molecule has 1 fully saturated rings. The molecule has 1 aromatic rings. The van der Waals surface area contributed by atoms with E-state index < -0.39 is 56.4 Å². The van der Waals surface area contributed by atoms with E-state index in [2.05, 4.69) is 4.52 Å². The summed E-state index contributed by atoms with van der Waals surface area (Å²) < 4.78 is 41.5. The zero-order chi connectivity index (χ0) is 18.1. The Morgan fingerprint density at radius 3 is 2.75 bits per heavy atom. The summed E-state index contributed by atoms with van der Waals surface area (Å²) in [6.45, 7) is 2.51. The van der Waals surface area contributed by atoms with Gasteiger partial charge in [-0.2, -0.15) is 0 Å². The van der Waals surface area contributed by atoms with Crippen LogP contribution in [0.15, 0.2) is 21.9 Å². The van der Waals surface area contributed by atoms with Crippen molar-refractivity contribution in [3.05, 3.63) is 33.1 Å². The maximum atomic E-state index is 14.4. The number of nitrogens with one attached hydrogen (secondary N) is 1. The van der Waals surface area contributed by atoms with Crippen molar-refractivity contribution in [2.45, 2.75) is 44.6 Å². The van der Waals surface area contributed by atoms with Crippen molar-refractivity contribution in [3.63, 3.8) is 0 Å². The van der Waals surface area contributed by atoms with Crippen LogP contribution in [-0.4, -0.2) is 44.0 Å². The number of hydrogen-bond acceptors (Lipinski definition) is 6. The van der Waals surface area contributed by atoms with E-state index in [0.29, 0.717) is 0 Å². The standard InChI is InChI=1S/C12H18FN2O8P/c1-7(2)22-12(6-21-24(18,19)20)5-8(13)10(23-12)15-4-3-9(16)14-11(15)17/h3-4,7-8,10H,5-6H2,1-2H3,(H,14,16,17)(H2,18,19,20). The minimum atomic E-state index is -4.83. The lowest BCUT2D eigenvalue weighted by Crippen LogP contribution is -2.40. The molecule has 1 saturated heterocycles. The second-order valence-corrected chi connectivity index (χ2v) is 6.83. The van der Waals surface area contributed by atoms with Gasteiger partial charge in [0.15, 0.2) is 18.2 Å². The van der Waals surface area contributed by atoms with E-state index in [9.17, 15) is 18.5 Å². The van der Waals surface area contributed by atoms with E-state index in [1.54, 1.807) is 13.8 Å². The lowest BCUT2D eigenvalue weighted by Gasteiger charge is -2.31. The number of aromatic nitrogens is 2. The number of H-pyrrole nitrogens is 1. The Balaban J connectivity index is 2.30. The van der Waals surface area contributed by atoms with E-state index in [1.165, 1.54) is 0 Å². The first-order chi connectivity index (χ1) is 11.0. The van der Waals surface area contributed by atoms with Gasteiger partial charge in [-0.3, -0.25) is 18.9 Å². The molecular weight excluding hydrogens is 350 g/mol. The number of hydrogen-bond donors (Lipinski definition) is 3. The fraction of sp³-hybridized carbons (Fsp3) is 0.667. The van der Waals surface area contributed by atoms with Crippen LogP contribution in [-0.2, 0) is 18.6 Å². The highest BCUT2D eigenvalue weighted by atomic mass is 31.2. The van der Waals surface area contributed by atoms with Crippen LogP contribution >= 0.6 is 7.82 Å². The van der Waals surface area contributed by atoms with Gasteiger partial charge in [0.2, 0.25) is 0 Å². The molecule has 136 valence electrons. The molecule has 24 heavy (non-hydrogen) atoms. The Bertz CT molecular complexity index is 743. The van der Waals surface area contributed by atoms with Crippen molar-refractivity contribution in [1.29, 1.82) is 0 Å². The fourth-order valence-electron chi connectivity index (χ4n) is 2.41. The Morgan fingerprint density at radius 1 is 1.54 bits per heavy atom. The summed E-state index contributed by atoms with van der Waals surface area (Å²) in [6.07, 6.45) is -2.99. The number of halogens is 1. The van der Waals surface area contributed by atoms with E-state index >= 15 is 0 Å². The summed E-state index contributed by atoms with van der Waals surface area (Å²) >= 11 is 0. The second-order valence-electron chi connectivity index (χ2n) is 5.59. The summed E-state index contributed by atoms with van der Waals surface area (Å²) in [4.78, 5) is 42.5. The lowest BCUT2D eigenvalue weighted by molar-refractivity contribution is -0.268. The number of rotatable bonds is 6. The number of phosphoric acid groups is 1. The predicted molar refractivity (Wildman–Crippen MR) is 77.9 cm³/mol. The predicted octanol–water partition coefficient (Wildman–Crippen LogP) is 0.0242. The molecule has 3 atom stereocenters. The van der Waals surface area contributed by atoms with Gasteiger partial charge in [-0.25, -0.2) is 13.8 Å². The quantitative estimate of drug-likeness (QED) is 0.597. The Hall–Kier alpha value is -1.36. The highest BCUT2D eigenvalue weighted by Crippen LogP contribution is 2.44. The fourth-order valence-corrected chi connectivity index (χ4v) is 2.78. The van der Waals surface area contributed by atoms with Gasteiger partial charge in [-0.1, -0.05) is 0 Å². The van der Waals surface area contributed by atoms with Gasteiger partial charge < -0.3 is 19.3 Å². The van der Waals surface area contributed by atoms with Gasteiger partial charge in [0.25, 0.3) is 5.56 Å². The summed E-state index contributed by atoms with van der Waals surface area (Å²) in [5.41, 5.74) is -1.54. The summed E-state index contributed by atoms with van der Waals surface area (Å²) in [6, 6.07) is 1.02. The molecule has 12 heteroatoms. The van der Waals surface area contributed by atoms with Crippen LogP contribution < -0.4 is 11.2 Å². The van der Waals surface area contributed by atoms with Crippen LogP contribution in [0.1, 0.15) is 26.5 Å². The molecule has 1 aliphatic rings. The van der Waals surface area contributed by atoms with Crippen molar-refractivity contribution in [2.24, 2.45) is 0 Å². The van der Waals surface area contributed by atoms with Crippen molar-refractivity contribution in [3.8, 4) is 0 Å². The highest BCUT2D eigenvalue weighted by Gasteiger charge is 2.51. The molecule has 1 aliphatic heterocycles.